The van der Waals surface area contributed by atoms with Gasteiger partial charge in [-0.1, -0.05) is 100 Å². The van der Waals surface area contributed by atoms with Gasteiger partial charge < -0.3 is 20.9 Å². The van der Waals surface area contributed by atoms with Crippen LogP contribution in [0.3, 0.4) is 0 Å². The average Bonchev–Trinajstić information content (AvgIpc) is 3.05. The second-order valence-electron chi connectivity index (χ2n) is 11.4. The van der Waals surface area contributed by atoms with E-state index in [2.05, 4.69) is 13.8 Å². The van der Waals surface area contributed by atoms with E-state index in [1.54, 1.807) is 12.1 Å². The van der Waals surface area contributed by atoms with Crippen LogP contribution in [0.25, 0.3) is 0 Å². The minimum atomic E-state index is -0.188. The summed E-state index contributed by atoms with van der Waals surface area (Å²) in [6.45, 7) is 5.67. The summed E-state index contributed by atoms with van der Waals surface area (Å²) in [5, 5.41) is 0. The second kappa shape index (κ2) is 16.1. The zero-order chi connectivity index (χ0) is 32.5. The van der Waals surface area contributed by atoms with E-state index in [0.29, 0.717) is 56.6 Å². The van der Waals surface area contributed by atoms with Gasteiger partial charge in [0, 0.05) is 65.3 Å². The lowest BCUT2D eigenvalue weighted by molar-refractivity contribution is 0.0974. The highest BCUT2D eigenvalue weighted by Gasteiger charge is 2.34. The van der Waals surface area contributed by atoms with Crippen molar-refractivity contribution in [3.05, 3.63) is 95.1 Å². The van der Waals surface area contributed by atoms with Crippen LogP contribution in [0.4, 0.5) is 11.4 Å². The number of nitrogen functional groups attached to an aromatic ring is 2. The Labute approximate surface area is 280 Å². The van der Waals surface area contributed by atoms with Crippen molar-refractivity contribution in [3.8, 4) is 11.5 Å². The van der Waals surface area contributed by atoms with Crippen LogP contribution in [0.2, 0.25) is 0 Å². The second-order valence-corrected chi connectivity index (χ2v) is 13.6. The molecule has 1 aliphatic rings. The number of ether oxygens (including phenoxy) is 2. The summed E-state index contributed by atoms with van der Waals surface area (Å²) in [5.41, 5.74) is 15.6. The normalized spacial score (nSPS) is 12.1. The molecule has 0 saturated carbocycles. The van der Waals surface area contributed by atoms with Crippen LogP contribution in [0.5, 0.6) is 11.5 Å². The third-order valence-electron chi connectivity index (χ3n) is 7.93. The molecular formula is C38H42N2O4S2. The molecular weight excluding hydrogens is 613 g/mol. The van der Waals surface area contributed by atoms with Crippen molar-refractivity contribution >= 4 is 46.5 Å². The largest absolute Gasteiger partial charge is 0.494 e. The molecule has 6 nitrogen and oxygen atoms in total. The van der Waals surface area contributed by atoms with Gasteiger partial charge in [-0.2, -0.15) is 0 Å². The van der Waals surface area contributed by atoms with E-state index in [9.17, 15) is 9.59 Å². The van der Waals surface area contributed by atoms with E-state index in [0.717, 1.165) is 47.0 Å². The Bertz CT molecular complexity index is 1580. The topological polar surface area (TPSA) is 105 Å². The highest BCUT2D eigenvalue weighted by molar-refractivity contribution is 8.00. The summed E-state index contributed by atoms with van der Waals surface area (Å²) < 4.78 is 11.8. The number of fused-ring (bicyclic) bond motifs is 2. The number of hydrogen-bond donors (Lipinski definition) is 2. The van der Waals surface area contributed by atoms with Crippen molar-refractivity contribution in [2.45, 2.75) is 84.8 Å². The van der Waals surface area contributed by atoms with Crippen LogP contribution in [0.15, 0.2) is 92.4 Å². The number of carbonyl (C=O) groups excluding carboxylic acids is 2. The van der Waals surface area contributed by atoms with Crippen molar-refractivity contribution in [3.63, 3.8) is 0 Å². The predicted octanol–water partition coefficient (Wildman–Crippen LogP) is 9.85. The van der Waals surface area contributed by atoms with E-state index < -0.39 is 0 Å². The maximum atomic E-state index is 14.3. The van der Waals surface area contributed by atoms with Gasteiger partial charge in [0.1, 0.15) is 11.5 Å². The molecule has 0 bridgehead atoms. The third kappa shape index (κ3) is 7.91. The fourth-order valence-corrected chi connectivity index (χ4v) is 7.44. The van der Waals surface area contributed by atoms with Crippen molar-refractivity contribution in [1.82, 2.24) is 0 Å². The smallest absolute Gasteiger partial charge is 0.196 e. The molecule has 1 aliphatic carbocycles. The summed E-state index contributed by atoms with van der Waals surface area (Å²) in [7, 11) is 0. The molecule has 0 heterocycles. The van der Waals surface area contributed by atoms with Gasteiger partial charge in [0.25, 0.3) is 0 Å². The minimum absolute atomic E-state index is 0.172. The molecule has 4 N–H and O–H groups in total. The van der Waals surface area contributed by atoms with Crippen LogP contribution < -0.4 is 20.9 Å². The molecule has 46 heavy (non-hydrogen) atoms. The summed E-state index contributed by atoms with van der Waals surface area (Å²) in [6, 6.07) is 22.1. The molecule has 0 aromatic heterocycles. The lowest BCUT2D eigenvalue weighted by Gasteiger charge is -2.22. The Balaban J connectivity index is 1.36. The lowest BCUT2D eigenvalue weighted by Crippen LogP contribution is -2.22. The number of hydrogen-bond acceptors (Lipinski definition) is 8. The molecule has 5 rings (SSSR count). The fourth-order valence-electron chi connectivity index (χ4n) is 5.44. The van der Waals surface area contributed by atoms with Crippen molar-refractivity contribution in [2.75, 3.05) is 24.7 Å². The summed E-state index contributed by atoms with van der Waals surface area (Å²) in [6.07, 6.45) is 9.05. The Hall–Kier alpha value is -3.88. The third-order valence-corrected chi connectivity index (χ3v) is 10.2. The molecule has 0 saturated heterocycles. The zero-order valence-electron chi connectivity index (χ0n) is 26.6. The Morgan fingerprint density at radius 3 is 1.41 bits per heavy atom. The first-order valence-corrected chi connectivity index (χ1v) is 17.8. The minimum Gasteiger partial charge on any atom is -0.494 e. The number of carbonyl (C=O) groups is 2. The molecule has 0 fully saturated rings. The van der Waals surface area contributed by atoms with E-state index in [4.69, 9.17) is 20.9 Å². The van der Waals surface area contributed by atoms with Gasteiger partial charge in [-0.25, -0.2) is 0 Å². The number of anilines is 2. The number of ketones is 2. The molecule has 4 aromatic carbocycles. The van der Waals surface area contributed by atoms with Crippen LogP contribution in [-0.2, 0) is 0 Å². The monoisotopic (exact) mass is 654 g/mol. The summed E-state index contributed by atoms with van der Waals surface area (Å²) in [5.74, 6) is 1.09. The number of unbranched alkanes of at least 4 members (excludes halogenated alkanes) is 6. The van der Waals surface area contributed by atoms with E-state index in [1.807, 2.05) is 60.7 Å². The Kier molecular flexibility index (Phi) is 11.7. The SMILES string of the molecule is CCCCCCOc1ccc(Sc2cccc3c2C(=O)c2c(Sc4ccc(OCCCCCC)cc4N)cccc2C3=O)c(N)c1. The standard InChI is InChI=1S/C38H42N2O4S2/c1-3-5-7-9-21-43-25-17-19-31(29(39)23-25)45-33-15-11-13-27-35(33)38(42)36-28(37(27)41)14-12-16-34(36)46-32-20-18-26(24-30(32)40)44-22-10-8-6-4-2/h11-20,23-24H,3-10,21-22,39-40H2,1-2H3. The van der Waals surface area contributed by atoms with Crippen LogP contribution in [0, 0.1) is 0 Å². The fraction of sp³-hybridized carbons (Fsp3) is 0.316. The first kappa shape index (κ1) is 33.5. The van der Waals surface area contributed by atoms with Gasteiger partial charge in [-0.05, 0) is 49.2 Å². The number of rotatable bonds is 16. The molecule has 0 unspecified atom stereocenters. The van der Waals surface area contributed by atoms with Gasteiger partial charge >= 0.3 is 0 Å². The average molecular weight is 655 g/mol. The predicted molar refractivity (Wildman–Crippen MR) is 189 cm³/mol. The van der Waals surface area contributed by atoms with Gasteiger partial charge in [0.05, 0.1) is 13.2 Å². The quantitative estimate of drug-likeness (QED) is 0.0800. The first-order valence-electron chi connectivity index (χ1n) is 16.2. The maximum Gasteiger partial charge on any atom is 0.196 e. The van der Waals surface area contributed by atoms with Crippen LogP contribution in [0.1, 0.15) is 97.1 Å². The van der Waals surface area contributed by atoms with E-state index in [1.165, 1.54) is 49.2 Å². The van der Waals surface area contributed by atoms with Crippen molar-refractivity contribution in [1.29, 1.82) is 0 Å². The Morgan fingerprint density at radius 1 is 0.543 bits per heavy atom. The van der Waals surface area contributed by atoms with E-state index >= 15 is 0 Å². The summed E-state index contributed by atoms with van der Waals surface area (Å²) >= 11 is 2.77. The van der Waals surface area contributed by atoms with Crippen LogP contribution in [-0.4, -0.2) is 24.8 Å². The molecule has 0 amide bonds. The molecule has 0 aliphatic heterocycles. The first-order chi connectivity index (χ1) is 22.4. The number of nitrogens with two attached hydrogens (primary N) is 2. The molecule has 4 aromatic rings. The Morgan fingerprint density at radius 2 is 1.00 bits per heavy atom. The van der Waals surface area contributed by atoms with Crippen molar-refractivity contribution < 1.29 is 19.1 Å². The highest BCUT2D eigenvalue weighted by Crippen LogP contribution is 2.43. The lowest BCUT2D eigenvalue weighted by atomic mass is 9.84. The molecule has 8 heteroatoms. The van der Waals surface area contributed by atoms with Gasteiger partial charge in [0.2, 0.25) is 0 Å². The van der Waals surface area contributed by atoms with E-state index in [-0.39, 0.29) is 11.6 Å². The molecule has 240 valence electrons. The maximum absolute atomic E-state index is 14.3. The molecule has 0 atom stereocenters. The molecule has 0 spiro atoms. The number of benzene rings is 4. The zero-order valence-corrected chi connectivity index (χ0v) is 28.2. The van der Waals surface area contributed by atoms with Crippen molar-refractivity contribution in [2.24, 2.45) is 0 Å². The van der Waals surface area contributed by atoms with Gasteiger partial charge in [-0.15, -0.1) is 0 Å². The van der Waals surface area contributed by atoms with Crippen LogP contribution >= 0.6 is 23.5 Å². The molecule has 0 radical (unpaired) electrons. The summed E-state index contributed by atoms with van der Waals surface area (Å²) in [4.78, 5) is 31.0. The highest BCUT2D eigenvalue weighted by atomic mass is 32.2. The van der Waals surface area contributed by atoms with Gasteiger partial charge in [0.15, 0.2) is 11.6 Å². The van der Waals surface area contributed by atoms with Gasteiger partial charge in [-0.3, -0.25) is 9.59 Å².